The lowest BCUT2D eigenvalue weighted by atomic mass is 10.0. The number of aliphatic hydroxyl groups excluding tert-OH is 1. The number of nitrogens with one attached hydrogen (secondary N) is 1. The Balaban J connectivity index is 1.68. The van der Waals surface area contributed by atoms with Gasteiger partial charge in [-0.2, -0.15) is 0 Å². The van der Waals surface area contributed by atoms with Crippen LogP contribution in [0.15, 0.2) is 42.5 Å². The average Bonchev–Trinajstić information content (AvgIpc) is 3.26. The van der Waals surface area contributed by atoms with Gasteiger partial charge in [0, 0.05) is 12.0 Å². The third-order valence-electron chi connectivity index (χ3n) is 4.18. The summed E-state index contributed by atoms with van der Waals surface area (Å²) in [5.41, 5.74) is 1.02. The van der Waals surface area contributed by atoms with E-state index in [4.69, 9.17) is 0 Å². The fourth-order valence-corrected chi connectivity index (χ4v) is 2.54. The summed E-state index contributed by atoms with van der Waals surface area (Å²) in [6.45, 7) is 0.759. The minimum absolute atomic E-state index is 0.0288. The maximum atomic E-state index is 12.1. The molecule has 104 valence electrons. The Morgan fingerprint density at radius 2 is 1.90 bits per heavy atom. The maximum Gasteiger partial charge on any atom is 0.224 e. The largest absolute Gasteiger partial charge is 0.396 e. The number of hydrogen-bond donors (Lipinski definition) is 2. The van der Waals surface area contributed by atoms with E-state index in [0.29, 0.717) is 13.0 Å². The quantitative estimate of drug-likeness (QED) is 0.875. The molecule has 0 heterocycles. The SMILES string of the molecule is O=C(Cc1cccc2ccccc12)NCC1(CO)CC1. The second-order valence-electron chi connectivity index (χ2n) is 5.75. The normalized spacial score (nSPS) is 16.1. The molecule has 3 rings (SSSR count). The maximum absolute atomic E-state index is 12.1. The molecule has 1 fully saturated rings. The lowest BCUT2D eigenvalue weighted by Gasteiger charge is -2.13. The van der Waals surface area contributed by atoms with Gasteiger partial charge in [-0.25, -0.2) is 0 Å². The monoisotopic (exact) mass is 269 g/mol. The van der Waals surface area contributed by atoms with Crippen LogP contribution in [0.25, 0.3) is 10.8 Å². The van der Waals surface area contributed by atoms with Gasteiger partial charge in [-0.1, -0.05) is 42.5 Å². The number of carbonyl (C=O) groups is 1. The van der Waals surface area contributed by atoms with Crippen molar-refractivity contribution >= 4 is 16.7 Å². The number of aliphatic hydroxyl groups is 1. The molecule has 1 amide bonds. The molecule has 0 aliphatic heterocycles. The number of hydrogen-bond acceptors (Lipinski definition) is 2. The van der Waals surface area contributed by atoms with Crippen molar-refractivity contribution in [1.82, 2.24) is 5.32 Å². The third kappa shape index (κ3) is 2.68. The third-order valence-corrected chi connectivity index (χ3v) is 4.18. The first-order chi connectivity index (χ1) is 9.72. The predicted molar refractivity (Wildman–Crippen MR) is 79.4 cm³/mol. The molecule has 0 aromatic heterocycles. The first-order valence-electron chi connectivity index (χ1n) is 7.07. The van der Waals surface area contributed by atoms with Gasteiger partial charge in [0.1, 0.15) is 0 Å². The first-order valence-corrected chi connectivity index (χ1v) is 7.07. The van der Waals surface area contributed by atoms with Crippen LogP contribution in [0.4, 0.5) is 0 Å². The highest BCUT2D eigenvalue weighted by Gasteiger charge is 2.41. The van der Waals surface area contributed by atoms with Crippen molar-refractivity contribution in [2.24, 2.45) is 5.41 Å². The van der Waals surface area contributed by atoms with Crippen LogP contribution in [0.1, 0.15) is 18.4 Å². The van der Waals surface area contributed by atoms with Crippen molar-refractivity contribution in [2.75, 3.05) is 13.2 Å². The van der Waals surface area contributed by atoms with Gasteiger partial charge >= 0.3 is 0 Å². The molecule has 2 aromatic rings. The second-order valence-corrected chi connectivity index (χ2v) is 5.75. The van der Waals surface area contributed by atoms with Crippen LogP contribution >= 0.6 is 0 Å². The smallest absolute Gasteiger partial charge is 0.224 e. The summed E-state index contributed by atoms with van der Waals surface area (Å²) < 4.78 is 0. The molecule has 0 saturated heterocycles. The molecule has 0 atom stereocenters. The molecule has 0 unspecified atom stereocenters. The lowest BCUT2D eigenvalue weighted by molar-refractivity contribution is -0.120. The van der Waals surface area contributed by atoms with Crippen molar-refractivity contribution in [1.29, 1.82) is 0 Å². The zero-order chi connectivity index (χ0) is 14.0. The molecule has 1 aliphatic carbocycles. The fraction of sp³-hybridized carbons (Fsp3) is 0.353. The molecular weight excluding hydrogens is 250 g/mol. The minimum atomic E-state index is -0.0333. The van der Waals surface area contributed by atoms with E-state index in [9.17, 15) is 9.90 Å². The molecule has 1 aliphatic rings. The van der Waals surface area contributed by atoms with Crippen LogP contribution in [-0.4, -0.2) is 24.2 Å². The summed E-state index contributed by atoms with van der Waals surface area (Å²) in [5.74, 6) is 0.0288. The van der Waals surface area contributed by atoms with Crippen LogP contribution in [-0.2, 0) is 11.2 Å². The van der Waals surface area contributed by atoms with Crippen molar-refractivity contribution in [3.8, 4) is 0 Å². The standard InChI is InChI=1S/C17H19NO2/c19-12-17(8-9-17)11-18-16(20)10-14-6-3-5-13-4-1-2-7-15(13)14/h1-7,19H,8-12H2,(H,18,20). The zero-order valence-corrected chi connectivity index (χ0v) is 11.4. The molecule has 0 radical (unpaired) electrons. The summed E-state index contributed by atoms with van der Waals surface area (Å²) in [5, 5.41) is 14.5. The first kappa shape index (κ1) is 13.1. The molecule has 3 nitrogen and oxygen atoms in total. The van der Waals surface area contributed by atoms with E-state index in [2.05, 4.69) is 17.4 Å². The van der Waals surface area contributed by atoms with Crippen molar-refractivity contribution < 1.29 is 9.90 Å². The molecule has 2 aromatic carbocycles. The van der Waals surface area contributed by atoms with Gasteiger partial charge in [0.05, 0.1) is 13.0 Å². The van der Waals surface area contributed by atoms with Crippen molar-refractivity contribution in [3.05, 3.63) is 48.0 Å². The highest BCUT2D eigenvalue weighted by molar-refractivity contribution is 5.90. The molecule has 20 heavy (non-hydrogen) atoms. The van der Waals surface area contributed by atoms with E-state index in [-0.39, 0.29) is 17.9 Å². The van der Waals surface area contributed by atoms with E-state index in [1.807, 2.05) is 30.3 Å². The molecule has 2 N–H and O–H groups in total. The minimum Gasteiger partial charge on any atom is -0.396 e. The molecular formula is C17H19NO2. The van der Waals surface area contributed by atoms with Gasteiger partial charge in [0.15, 0.2) is 0 Å². The van der Waals surface area contributed by atoms with E-state index in [1.54, 1.807) is 0 Å². The molecule has 1 saturated carbocycles. The summed E-state index contributed by atoms with van der Waals surface area (Å²) in [6.07, 6.45) is 2.42. The Labute approximate surface area is 118 Å². The summed E-state index contributed by atoms with van der Waals surface area (Å²) in [4.78, 5) is 12.1. The molecule has 3 heteroatoms. The van der Waals surface area contributed by atoms with Crippen molar-refractivity contribution in [3.63, 3.8) is 0 Å². The number of amides is 1. The number of fused-ring (bicyclic) bond motifs is 1. The van der Waals surface area contributed by atoms with E-state index in [1.165, 1.54) is 0 Å². The van der Waals surface area contributed by atoms with Crippen LogP contribution in [0, 0.1) is 5.41 Å². The predicted octanol–water partition coefficient (Wildman–Crippen LogP) is 2.27. The average molecular weight is 269 g/mol. The van der Waals surface area contributed by atoms with Gasteiger partial charge in [0.2, 0.25) is 5.91 Å². The summed E-state index contributed by atoms with van der Waals surface area (Å²) in [7, 11) is 0. The second kappa shape index (κ2) is 5.25. The zero-order valence-electron chi connectivity index (χ0n) is 11.4. The lowest BCUT2D eigenvalue weighted by Crippen LogP contribution is -2.32. The van der Waals surface area contributed by atoms with Gasteiger partial charge in [-0.15, -0.1) is 0 Å². The highest BCUT2D eigenvalue weighted by Crippen LogP contribution is 2.44. The summed E-state index contributed by atoms with van der Waals surface area (Å²) >= 11 is 0. The van der Waals surface area contributed by atoms with Crippen LogP contribution in [0.2, 0.25) is 0 Å². The van der Waals surface area contributed by atoms with Gasteiger partial charge in [-0.3, -0.25) is 4.79 Å². The van der Waals surface area contributed by atoms with Crippen LogP contribution < -0.4 is 5.32 Å². The van der Waals surface area contributed by atoms with E-state index < -0.39 is 0 Å². The Morgan fingerprint density at radius 1 is 1.15 bits per heavy atom. The van der Waals surface area contributed by atoms with Gasteiger partial charge in [-0.05, 0) is 29.2 Å². The topological polar surface area (TPSA) is 49.3 Å². The Kier molecular flexibility index (Phi) is 3.45. The van der Waals surface area contributed by atoms with E-state index >= 15 is 0 Å². The molecule has 0 spiro atoms. The summed E-state index contributed by atoms with van der Waals surface area (Å²) in [6, 6.07) is 14.2. The number of rotatable bonds is 5. The highest BCUT2D eigenvalue weighted by atomic mass is 16.3. The van der Waals surface area contributed by atoms with Gasteiger partial charge < -0.3 is 10.4 Å². The van der Waals surface area contributed by atoms with Crippen LogP contribution in [0.5, 0.6) is 0 Å². The number of carbonyl (C=O) groups excluding carboxylic acids is 1. The fourth-order valence-electron chi connectivity index (χ4n) is 2.54. The van der Waals surface area contributed by atoms with Gasteiger partial charge in [0.25, 0.3) is 0 Å². The Hall–Kier alpha value is -1.87. The number of benzene rings is 2. The Morgan fingerprint density at radius 3 is 2.65 bits per heavy atom. The van der Waals surface area contributed by atoms with E-state index in [0.717, 1.165) is 29.2 Å². The van der Waals surface area contributed by atoms with Crippen molar-refractivity contribution in [2.45, 2.75) is 19.3 Å². The Bertz CT molecular complexity index is 626. The molecule has 0 bridgehead atoms. The van der Waals surface area contributed by atoms with Crippen LogP contribution in [0.3, 0.4) is 0 Å².